The molecule has 0 aliphatic carbocycles. The first kappa shape index (κ1) is 22.0. The van der Waals surface area contributed by atoms with E-state index >= 15 is 0 Å². The zero-order valence-electron chi connectivity index (χ0n) is 17.3. The fourth-order valence-electron chi connectivity index (χ4n) is 3.20. The molecule has 0 aromatic heterocycles. The standard InChI is InChI=1S/C22H26N2O5S/c1-16(25)23-17-10-12-18(13-11-17)30(27)15-7-6-14-28-24-20-9-5-4-8-19(20)22(2,3)29-21(24)26/h4-5,8-13H,6-7,14-15H2,1-3H3,(H,23,25). The lowest BCUT2D eigenvalue weighted by atomic mass is 9.95. The molecule has 0 fully saturated rings. The van der Waals surface area contributed by atoms with Crippen molar-refractivity contribution in [2.24, 2.45) is 0 Å². The number of carbonyl (C=O) groups is 2. The number of hydroxylamine groups is 1. The number of anilines is 2. The number of fused-ring (bicyclic) bond motifs is 1. The Morgan fingerprint density at radius 1 is 1.13 bits per heavy atom. The molecule has 7 nitrogen and oxygen atoms in total. The second kappa shape index (κ2) is 9.40. The number of amides is 2. The van der Waals surface area contributed by atoms with E-state index in [1.54, 1.807) is 24.3 Å². The van der Waals surface area contributed by atoms with Gasteiger partial charge in [0, 0.05) is 28.8 Å². The van der Waals surface area contributed by atoms with E-state index in [2.05, 4.69) is 5.32 Å². The van der Waals surface area contributed by atoms with Crippen molar-refractivity contribution in [3.8, 4) is 0 Å². The normalized spacial score (nSPS) is 15.8. The van der Waals surface area contributed by atoms with E-state index in [-0.39, 0.29) is 5.91 Å². The van der Waals surface area contributed by atoms with Crippen LogP contribution in [0.1, 0.15) is 39.2 Å². The largest absolute Gasteiger partial charge is 0.439 e. The van der Waals surface area contributed by atoms with Gasteiger partial charge in [0.15, 0.2) is 0 Å². The molecular formula is C22H26N2O5S. The van der Waals surface area contributed by atoms with E-state index in [1.165, 1.54) is 12.0 Å². The lowest BCUT2D eigenvalue weighted by Gasteiger charge is -2.37. The van der Waals surface area contributed by atoms with Crippen LogP contribution in [-0.4, -0.2) is 28.6 Å². The number of ether oxygens (including phenoxy) is 1. The average Bonchev–Trinajstić information content (AvgIpc) is 2.69. The van der Waals surface area contributed by atoms with E-state index < -0.39 is 22.5 Å². The third-order valence-electron chi connectivity index (χ3n) is 4.66. The molecule has 0 spiro atoms. The minimum atomic E-state index is -1.14. The molecule has 30 heavy (non-hydrogen) atoms. The maximum absolute atomic E-state index is 12.4. The van der Waals surface area contributed by atoms with Gasteiger partial charge in [0.1, 0.15) is 5.60 Å². The number of hydrogen-bond donors (Lipinski definition) is 1. The molecule has 1 aliphatic heterocycles. The Kier molecular flexibility index (Phi) is 6.89. The molecule has 160 valence electrons. The maximum atomic E-state index is 12.4. The second-order valence-corrected chi connectivity index (χ2v) is 9.06. The Morgan fingerprint density at radius 3 is 2.53 bits per heavy atom. The first-order chi connectivity index (χ1) is 14.3. The molecule has 0 saturated carbocycles. The van der Waals surface area contributed by atoms with E-state index in [4.69, 9.17) is 9.57 Å². The lowest BCUT2D eigenvalue weighted by Crippen LogP contribution is -2.43. The lowest BCUT2D eigenvalue weighted by molar-refractivity contribution is -0.114. The number of cyclic esters (lactones) is 1. The van der Waals surface area contributed by atoms with Crippen molar-refractivity contribution in [2.45, 2.75) is 44.1 Å². The first-order valence-electron chi connectivity index (χ1n) is 9.79. The Morgan fingerprint density at radius 2 is 1.83 bits per heavy atom. The number of rotatable bonds is 8. The number of unbranched alkanes of at least 4 members (excludes halogenated alkanes) is 1. The fraction of sp³-hybridized carbons (Fsp3) is 0.364. The Labute approximate surface area is 178 Å². The highest BCUT2D eigenvalue weighted by Gasteiger charge is 2.38. The highest BCUT2D eigenvalue weighted by Crippen LogP contribution is 2.38. The molecule has 1 aliphatic rings. The van der Waals surface area contributed by atoms with Crippen LogP contribution in [0.15, 0.2) is 53.4 Å². The minimum Gasteiger partial charge on any atom is -0.437 e. The summed E-state index contributed by atoms with van der Waals surface area (Å²) >= 11 is 0. The van der Waals surface area contributed by atoms with Gasteiger partial charge in [-0.2, -0.15) is 5.06 Å². The summed E-state index contributed by atoms with van der Waals surface area (Å²) in [5, 5.41) is 3.87. The van der Waals surface area contributed by atoms with Crippen molar-refractivity contribution in [3.05, 3.63) is 54.1 Å². The minimum absolute atomic E-state index is 0.146. The number of carbonyl (C=O) groups excluding carboxylic acids is 2. The highest BCUT2D eigenvalue weighted by atomic mass is 32.2. The monoisotopic (exact) mass is 430 g/mol. The Hall–Kier alpha value is -2.71. The summed E-state index contributed by atoms with van der Waals surface area (Å²) in [5.74, 6) is 0.337. The zero-order chi connectivity index (χ0) is 21.7. The van der Waals surface area contributed by atoms with E-state index in [9.17, 15) is 13.8 Å². The summed E-state index contributed by atoms with van der Waals surface area (Å²) < 4.78 is 17.9. The van der Waals surface area contributed by atoms with Gasteiger partial charge in [-0.1, -0.05) is 18.2 Å². The van der Waals surface area contributed by atoms with E-state index in [0.29, 0.717) is 41.5 Å². The van der Waals surface area contributed by atoms with Gasteiger partial charge in [-0.25, -0.2) is 4.79 Å². The molecule has 2 amide bonds. The molecule has 3 rings (SSSR count). The number of hydrogen-bond acceptors (Lipinski definition) is 5. The fourth-order valence-corrected chi connectivity index (χ4v) is 4.34. The summed E-state index contributed by atoms with van der Waals surface area (Å²) in [7, 11) is -1.14. The van der Waals surface area contributed by atoms with Gasteiger partial charge in [-0.05, 0) is 57.0 Å². The predicted molar refractivity (Wildman–Crippen MR) is 116 cm³/mol. The van der Waals surface area contributed by atoms with Crippen LogP contribution in [0.25, 0.3) is 0 Å². The molecule has 0 saturated heterocycles. The summed E-state index contributed by atoms with van der Waals surface area (Å²) in [6, 6.07) is 14.5. The van der Waals surface area contributed by atoms with Crippen LogP contribution >= 0.6 is 0 Å². The summed E-state index contributed by atoms with van der Waals surface area (Å²) in [6.07, 6.45) is 0.780. The summed E-state index contributed by atoms with van der Waals surface area (Å²) in [6.45, 7) is 5.44. The van der Waals surface area contributed by atoms with Crippen LogP contribution < -0.4 is 10.4 Å². The van der Waals surface area contributed by atoms with Gasteiger partial charge < -0.3 is 10.1 Å². The van der Waals surface area contributed by atoms with Gasteiger partial charge in [-0.3, -0.25) is 13.8 Å². The van der Waals surface area contributed by atoms with Gasteiger partial charge in [0.25, 0.3) is 0 Å². The van der Waals surface area contributed by atoms with Crippen molar-refractivity contribution >= 4 is 34.2 Å². The van der Waals surface area contributed by atoms with Crippen molar-refractivity contribution < 1.29 is 23.4 Å². The van der Waals surface area contributed by atoms with Gasteiger partial charge in [0.05, 0.1) is 23.1 Å². The number of benzene rings is 2. The van der Waals surface area contributed by atoms with Gasteiger partial charge in [0.2, 0.25) is 5.91 Å². The van der Waals surface area contributed by atoms with Crippen LogP contribution in [0, 0.1) is 0 Å². The van der Waals surface area contributed by atoms with E-state index in [0.717, 1.165) is 5.56 Å². The van der Waals surface area contributed by atoms with Crippen molar-refractivity contribution in [1.82, 2.24) is 0 Å². The molecule has 0 radical (unpaired) electrons. The molecule has 0 bridgehead atoms. The van der Waals surface area contributed by atoms with E-state index in [1.807, 2.05) is 38.1 Å². The van der Waals surface area contributed by atoms with Crippen LogP contribution in [0.2, 0.25) is 0 Å². The molecule has 8 heteroatoms. The predicted octanol–water partition coefficient (Wildman–Crippen LogP) is 4.36. The zero-order valence-corrected chi connectivity index (χ0v) is 18.2. The quantitative estimate of drug-likeness (QED) is 0.629. The van der Waals surface area contributed by atoms with Crippen molar-refractivity contribution in [2.75, 3.05) is 22.7 Å². The number of nitrogens with one attached hydrogen (secondary N) is 1. The number of nitrogens with zero attached hydrogens (tertiary/aromatic N) is 1. The molecule has 1 heterocycles. The second-order valence-electron chi connectivity index (χ2n) is 7.49. The maximum Gasteiger partial charge on any atom is 0.439 e. The molecule has 2 aromatic rings. The van der Waals surface area contributed by atoms with Gasteiger partial charge >= 0.3 is 6.09 Å². The van der Waals surface area contributed by atoms with Crippen LogP contribution in [-0.2, 0) is 30.8 Å². The highest BCUT2D eigenvalue weighted by molar-refractivity contribution is 7.85. The Bertz CT molecular complexity index is 943. The molecular weight excluding hydrogens is 404 g/mol. The number of para-hydroxylation sites is 1. The average molecular weight is 431 g/mol. The summed E-state index contributed by atoms with van der Waals surface area (Å²) in [4.78, 5) is 29.8. The molecule has 1 N–H and O–H groups in total. The third-order valence-corrected chi connectivity index (χ3v) is 6.12. The summed E-state index contributed by atoms with van der Waals surface area (Å²) in [5.41, 5.74) is 1.53. The van der Waals surface area contributed by atoms with Crippen LogP contribution in [0.4, 0.5) is 16.2 Å². The van der Waals surface area contributed by atoms with Crippen LogP contribution in [0.5, 0.6) is 0 Å². The Balaban J connectivity index is 1.48. The molecule has 2 aromatic carbocycles. The topological polar surface area (TPSA) is 84.9 Å². The van der Waals surface area contributed by atoms with Crippen molar-refractivity contribution in [3.63, 3.8) is 0 Å². The third kappa shape index (κ3) is 5.25. The molecule has 1 atom stereocenters. The van der Waals surface area contributed by atoms with Gasteiger partial charge in [-0.15, -0.1) is 0 Å². The smallest absolute Gasteiger partial charge is 0.437 e. The van der Waals surface area contributed by atoms with Crippen molar-refractivity contribution in [1.29, 1.82) is 0 Å². The van der Waals surface area contributed by atoms with Crippen LogP contribution in [0.3, 0.4) is 0 Å². The molecule has 1 unspecified atom stereocenters. The SMILES string of the molecule is CC(=O)Nc1ccc(S(=O)CCCCON2C(=O)OC(C)(C)c3ccccc32)cc1. The first-order valence-corrected chi connectivity index (χ1v) is 11.1.